The lowest BCUT2D eigenvalue weighted by atomic mass is 9.48. The minimum absolute atomic E-state index is 0.0530. The molecule has 1 unspecified atom stereocenters. The molecule has 3 fully saturated rings. The largest absolute Gasteiger partial charge is 0.458 e. The summed E-state index contributed by atoms with van der Waals surface area (Å²) in [6.07, 6.45) is 10.1. The highest BCUT2D eigenvalue weighted by atomic mass is 35.5. The number of fused-ring (bicyclic) bond motifs is 5. The standard InChI is InChI=1S/C30H40Cl2N2O3/c1-29-12-10-23(37-28(36)20-4-3-5-22(18-20)34(16-14-31)17-15-32)19-21(29)6-7-24-25(29)11-13-30(2)26(24)8-9-27(35)33-30/h3-6,18,23-26H,7-17,19H2,1-2H3,(H,33,35)/t23?,24-,25+,26+,29+,30+/m1/s1. The summed E-state index contributed by atoms with van der Waals surface area (Å²) in [6, 6.07) is 7.59. The van der Waals surface area contributed by atoms with Crippen LogP contribution in [0.4, 0.5) is 5.69 Å². The van der Waals surface area contributed by atoms with E-state index >= 15 is 0 Å². The molecule has 202 valence electrons. The summed E-state index contributed by atoms with van der Waals surface area (Å²) < 4.78 is 6.08. The smallest absolute Gasteiger partial charge is 0.338 e. The zero-order valence-corrected chi connectivity index (χ0v) is 23.6. The number of allylic oxidation sites excluding steroid dienone is 1. The van der Waals surface area contributed by atoms with Gasteiger partial charge in [0.05, 0.1) is 5.56 Å². The van der Waals surface area contributed by atoms with Gasteiger partial charge < -0.3 is 15.0 Å². The van der Waals surface area contributed by atoms with E-state index in [2.05, 4.69) is 30.1 Å². The number of hydrogen-bond acceptors (Lipinski definition) is 4. The van der Waals surface area contributed by atoms with E-state index in [0.29, 0.717) is 54.6 Å². The average molecular weight is 548 g/mol. The van der Waals surface area contributed by atoms with E-state index < -0.39 is 0 Å². The first-order valence-corrected chi connectivity index (χ1v) is 15.0. The third kappa shape index (κ3) is 5.15. The Morgan fingerprint density at radius 2 is 1.89 bits per heavy atom. The van der Waals surface area contributed by atoms with Gasteiger partial charge in [-0.2, -0.15) is 0 Å². The zero-order chi connectivity index (χ0) is 26.2. The lowest BCUT2D eigenvalue weighted by Crippen LogP contribution is -2.62. The van der Waals surface area contributed by atoms with Crippen LogP contribution >= 0.6 is 23.2 Å². The highest BCUT2D eigenvalue weighted by Crippen LogP contribution is 2.60. The maximum atomic E-state index is 13.1. The normalized spacial score (nSPS) is 34.8. The van der Waals surface area contributed by atoms with Gasteiger partial charge in [0.2, 0.25) is 5.91 Å². The molecule has 6 atom stereocenters. The lowest BCUT2D eigenvalue weighted by molar-refractivity contribution is -0.131. The van der Waals surface area contributed by atoms with Crippen molar-refractivity contribution in [3.63, 3.8) is 0 Å². The van der Waals surface area contributed by atoms with Crippen LogP contribution in [-0.2, 0) is 9.53 Å². The molecule has 1 heterocycles. The van der Waals surface area contributed by atoms with E-state index in [1.54, 1.807) is 0 Å². The van der Waals surface area contributed by atoms with Crippen molar-refractivity contribution in [1.29, 1.82) is 0 Å². The predicted octanol–water partition coefficient (Wildman–Crippen LogP) is 6.33. The molecule has 0 spiro atoms. The number of rotatable bonds is 7. The Balaban J connectivity index is 1.27. The van der Waals surface area contributed by atoms with Crippen LogP contribution in [0.3, 0.4) is 0 Å². The zero-order valence-electron chi connectivity index (χ0n) is 22.1. The number of nitrogens with zero attached hydrogens (tertiary/aromatic N) is 1. The van der Waals surface area contributed by atoms with Crippen LogP contribution < -0.4 is 10.2 Å². The van der Waals surface area contributed by atoms with Crippen molar-refractivity contribution < 1.29 is 14.3 Å². The number of ether oxygens (including phenoxy) is 1. The molecule has 1 aliphatic heterocycles. The molecule has 1 aromatic rings. The van der Waals surface area contributed by atoms with Crippen LogP contribution in [0.2, 0.25) is 0 Å². The van der Waals surface area contributed by atoms with Gasteiger partial charge in [-0.25, -0.2) is 4.79 Å². The van der Waals surface area contributed by atoms with Gasteiger partial charge in [0.25, 0.3) is 0 Å². The number of nitrogens with one attached hydrogen (secondary N) is 1. The fourth-order valence-electron chi connectivity index (χ4n) is 8.03. The number of halogens is 2. The van der Waals surface area contributed by atoms with Crippen molar-refractivity contribution >= 4 is 40.8 Å². The summed E-state index contributed by atoms with van der Waals surface area (Å²) in [4.78, 5) is 27.4. The number of amides is 1. The average Bonchev–Trinajstić information content (AvgIpc) is 2.88. The van der Waals surface area contributed by atoms with Crippen LogP contribution in [0.1, 0.15) is 75.6 Å². The van der Waals surface area contributed by atoms with Crippen LogP contribution in [0.25, 0.3) is 0 Å². The number of piperidine rings is 1. The van der Waals surface area contributed by atoms with Gasteiger partial charge in [0.1, 0.15) is 6.10 Å². The summed E-state index contributed by atoms with van der Waals surface area (Å²) in [5.74, 6) is 2.78. The molecule has 5 nitrogen and oxygen atoms in total. The van der Waals surface area contributed by atoms with Crippen molar-refractivity contribution in [2.75, 3.05) is 29.7 Å². The second-order valence-electron chi connectivity index (χ2n) is 12.0. The molecule has 4 aliphatic rings. The summed E-state index contributed by atoms with van der Waals surface area (Å²) >= 11 is 11.9. The molecule has 0 bridgehead atoms. The monoisotopic (exact) mass is 546 g/mol. The lowest BCUT2D eigenvalue weighted by Gasteiger charge is -2.59. The van der Waals surface area contributed by atoms with Crippen LogP contribution in [0, 0.1) is 23.2 Å². The number of hydrogen-bond donors (Lipinski definition) is 1. The van der Waals surface area contributed by atoms with Crippen molar-refractivity contribution in [1.82, 2.24) is 5.32 Å². The van der Waals surface area contributed by atoms with E-state index in [1.165, 1.54) is 5.57 Å². The Morgan fingerprint density at radius 1 is 1.11 bits per heavy atom. The Labute approximate surface area is 231 Å². The van der Waals surface area contributed by atoms with Gasteiger partial charge in [0, 0.05) is 48.9 Å². The van der Waals surface area contributed by atoms with E-state index in [9.17, 15) is 9.59 Å². The van der Waals surface area contributed by atoms with E-state index in [4.69, 9.17) is 27.9 Å². The highest BCUT2D eigenvalue weighted by molar-refractivity contribution is 6.18. The summed E-state index contributed by atoms with van der Waals surface area (Å²) in [5, 5.41) is 3.35. The maximum Gasteiger partial charge on any atom is 0.338 e. The minimum atomic E-state index is -0.257. The van der Waals surface area contributed by atoms with E-state index in [-0.39, 0.29) is 28.9 Å². The fourth-order valence-corrected chi connectivity index (χ4v) is 8.43. The molecule has 1 N–H and O–H groups in total. The number of carbonyl (C=O) groups excluding carboxylic acids is 2. The third-order valence-electron chi connectivity index (χ3n) is 9.99. The van der Waals surface area contributed by atoms with Crippen LogP contribution in [-0.4, -0.2) is 48.4 Å². The van der Waals surface area contributed by atoms with Gasteiger partial charge >= 0.3 is 5.97 Å². The van der Waals surface area contributed by atoms with Crippen LogP contribution in [0.5, 0.6) is 0 Å². The molecule has 2 saturated carbocycles. The molecule has 5 rings (SSSR count). The Kier molecular flexibility index (Phi) is 7.85. The van der Waals surface area contributed by atoms with Crippen molar-refractivity contribution in [3.8, 4) is 0 Å². The fraction of sp³-hybridized carbons (Fsp3) is 0.667. The van der Waals surface area contributed by atoms with Crippen LogP contribution in [0.15, 0.2) is 35.9 Å². The van der Waals surface area contributed by atoms with Crippen molar-refractivity contribution in [2.24, 2.45) is 23.2 Å². The predicted molar refractivity (Wildman–Crippen MR) is 149 cm³/mol. The van der Waals surface area contributed by atoms with Crippen molar-refractivity contribution in [2.45, 2.75) is 76.9 Å². The molecular formula is C30H40Cl2N2O3. The molecule has 0 aromatic heterocycles. The van der Waals surface area contributed by atoms with Gasteiger partial charge in [-0.05, 0) is 86.8 Å². The first kappa shape index (κ1) is 26.9. The molecule has 1 aromatic carbocycles. The van der Waals surface area contributed by atoms with Gasteiger partial charge in [-0.3, -0.25) is 4.79 Å². The number of esters is 1. The summed E-state index contributed by atoms with van der Waals surface area (Å²) in [6.45, 7) is 6.07. The number of alkyl halides is 2. The third-order valence-corrected chi connectivity index (χ3v) is 10.3. The number of anilines is 1. The van der Waals surface area contributed by atoms with Gasteiger partial charge in [-0.15, -0.1) is 23.2 Å². The Hall–Kier alpha value is -1.72. The Morgan fingerprint density at radius 3 is 2.65 bits per heavy atom. The second kappa shape index (κ2) is 10.8. The quantitative estimate of drug-likeness (QED) is 0.246. The molecule has 1 amide bonds. The van der Waals surface area contributed by atoms with E-state index in [1.807, 2.05) is 24.3 Å². The number of benzene rings is 1. The second-order valence-corrected chi connectivity index (χ2v) is 12.7. The topological polar surface area (TPSA) is 58.6 Å². The SMILES string of the molecule is C[C@]12CCC(OC(=O)c3cccc(N(CCCl)CCCl)c3)CC1=CC[C@@H]1[C@@H]2CC[C@]2(C)NC(=O)CC[C@@H]12. The minimum Gasteiger partial charge on any atom is -0.458 e. The van der Waals surface area contributed by atoms with Crippen molar-refractivity contribution in [3.05, 3.63) is 41.5 Å². The first-order valence-electron chi connectivity index (χ1n) is 14.0. The molecule has 0 radical (unpaired) electrons. The highest BCUT2D eigenvalue weighted by Gasteiger charge is 2.56. The Bertz CT molecular complexity index is 1060. The van der Waals surface area contributed by atoms with Gasteiger partial charge in [-0.1, -0.05) is 24.6 Å². The van der Waals surface area contributed by atoms with E-state index in [0.717, 1.165) is 50.6 Å². The van der Waals surface area contributed by atoms with Gasteiger partial charge in [0.15, 0.2) is 0 Å². The summed E-state index contributed by atoms with van der Waals surface area (Å²) in [7, 11) is 0. The molecule has 3 aliphatic carbocycles. The molecular weight excluding hydrogens is 507 g/mol. The summed E-state index contributed by atoms with van der Waals surface area (Å²) in [5.41, 5.74) is 3.10. The maximum absolute atomic E-state index is 13.1. The molecule has 37 heavy (non-hydrogen) atoms. The number of carbonyl (C=O) groups is 2. The first-order chi connectivity index (χ1) is 17.8. The molecule has 7 heteroatoms. The molecule has 1 saturated heterocycles.